The summed E-state index contributed by atoms with van der Waals surface area (Å²) in [5.74, 6) is -1.15. The van der Waals surface area contributed by atoms with Gasteiger partial charge in [0.25, 0.3) is 8.32 Å². The maximum Gasteiger partial charge on any atom is 0.350 e. The number of cyclic esters (lactones) is 1. The fourth-order valence-corrected chi connectivity index (χ4v) is 9.04. The first kappa shape index (κ1) is 23.0. The number of hydrogen-bond acceptors (Lipinski definition) is 5. The smallest absolute Gasteiger partial charge is 0.350 e. The zero-order valence-corrected chi connectivity index (χ0v) is 20.1. The van der Waals surface area contributed by atoms with Gasteiger partial charge in [0.15, 0.2) is 0 Å². The van der Waals surface area contributed by atoms with Crippen LogP contribution in [-0.2, 0) is 18.7 Å². The highest BCUT2D eigenvalue weighted by Crippen LogP contribution is 2.38. The third kappa shape index (κ3) is 4.49. The van der Waals surface area contributed by atoms with Gasteiger partial charge in [0.2, 0.25) is 6.10 Å². The summed E-state index contributed by atoms with van der Waals surface area (Å²) < 4.78 is 17.9. The summed E-state index contributed by atoms with van der Waals surface area (Å²) in [5.41, 5.74) is 0.376. The van der Waals surface area contributed by atoms with Crippen LogP contribution in [0.2, 0.25) is 5.04 Å². The molecule has 1 unspecified atom stereocenters. The molecule has 0 bridgehead atoms. The van der Waals surface area contributed by atoms with Crippen molar-refractivity contribution in [3.05, 3.63) is 96.6 Å². The van der Waals surface area contributed by atoms with E-state index >= 15 is 0 Å². The summed E-state index contributed by atoms with van der Waals surface area (Å²) in [6.07, 6.45) is -1.84. The van der Waals surface area contributed by atoms with Crippen molar-refractivity contribution in [1.82, 2.24) is 0 Å². The van der Waals surface area contributed by atoms with Gasteiger partial charge in [-0.25, -0.2) is 9.59 Å². The number of hydrogen-bond donors (Lipinski definition) is 0. The van der Waals surface area contributed by atoms with Crippen molar-refractivity contribution in [2.24, 2.45) is 0 Å². The second-order valence-corrected chi connectivity index (χ2v) is 13.4. The molecule has 1 fully saturated rings. The van der Waals surface area contributed by atoms with Crippen LogP contribution in [0.4, 0.5) is 0 Å². The molecule has 0 saturated carbocycles. The first-order valence-electron chi connectivity index (χ1n) is 11.0. The molecule has 1 aliphatic rings. The average molecular weight is 461 g/mol. The average Bonchev–Trinajstić information content (AvgIpc) is 3.17. The topological polar surface area (TPSA) is 61.8 Å². The fourth-order valence-electron chi connectivity index (χ4n) is 4.38. The molecule has 33 heavy (non-hydrogen) atoms. The molecule has 0 aliphatic carbocycles. The van der Waals surface area contributed by atoms with Crippen LogP contribution >= 0.6 is 0 Å². The molecule has 0 N–H and O–H groups in total. The lowest BCUT2D eigenvalue weighted by atomic mass is 10.2. The van der Waals surface area contributed by atoms with E-state index in [-0.39, 0.29) is 11.6 Å². The fraction of sp³-hybridized carbons (Fsp3) is 0.259. The molecule has 1 saturated heterocycles. The molecule has 3 aromatic rings. The van der Waals surface area contributed by atoms with Crippen molar-refractivity contribution in [3.8, 4) is 0 Å². The van der Waals surface area contributed by atoms with E-state index in [1.54, 1.807) is 24.3 Å². The monoisotopic (exact) mass is 460 g/mol. The standard InChI is InChI=1S/C27H28O5Si/c1-27(2,3)33(21-15-9-5-10-16-21,22-17-11-6-12-18-22)32-23-19-30-26(29)24(23)31-25(28)20-13-7-4-8-14-20/h4-18,23-24H,19H2,1-3H3/t23?,24-/m0/s1. The van der Waals surface area contributed by atoms with Gasteiger partial charge in [0, 0.05) is 0 Å². The number of ether oxygens (including phenoxy) is 2. The third-order valence-corrected chi connectivity index (χ3v) is 11.0. The zero-order chi connectivity index (χ0) is 23.5. The molecule has 0 amide bonds. The second kappa shape index (κ2) is 9.33. The van der Waals surface area contributed by atoms with Crippen LogP contribution in [0.3, 0.4) is 0 Å². The molecule has 1 aliphatic heterocycles. The highest BCUT2D eigenvalue weighted by Gasteiger charge is 2.55. The number of carbonyl (C=O) groups excluding carboxylic acids is 2. The Balaban J connectivity index is 1.74. The molecule has 1 heterocycles. The van der Waals surface area contributed by atoms with Crippen molar-refractivity contribution >= 4 is 30.6 Å². The number of esters is 2. The Morgan fingerprint density at radius 3 is 1.82 bits per heavy atom. The highest BCUT2D eigenvalue weighted by molar-refractivity contribution is 6.99. The Labute approximate surface area is 195 Å². The maximum absolute atomic E-state index is 12.7. The Bertz CT molecular complexity index is 1050. The van der Waals surface area contributed by atoms with Crippen LogP contribution in [0.25, 0.3) is 0 Å². The minimum Gasteiger partial charge on any atom is -0.460 e. The molecule has 170 valence electrons. The van der Waals surface area contributed by atoms with Gasteiger partial charge in [-0.1, -0.05) is 99.6 Å². The van der Waals surface area contributed by atoms with E-state index in [4.69, 9.17) is 13.9 Å². The summed E-state index contributed by atoms with van der Waals surface area (Å²) in [5, 5.41) is 1.88. The lowest BCUT2D eigenvalue weighted by molar-refractivity contribution is -0.145. The molecular formula is C27H28O5Si. The molecule has 0 radical (unpaired) electrons. The van der Waals surface area contributed by atoms with Crippen LogP contribution in [0, 0.1) is 0 Å². The van der Waals surface area contributed by atoms with Gasteiger partial charge in [-0.05, 0) is 27.5 Å². The Morgan fingerprint density at radius 2 is 1.33 bits per heavy atom. The highest BCUT2D eigenvalue weighted by atomic mass is 28.4. The Hall–Kier alpha value is -3.22. The molecule has 0 spiro atoms. The zero-order valence-electron chi connectivity index (χ0n) is 19.1. The van der Waals surface area contributed by atoms with Crippen molar-refractivity contribution in [3.63, 3.8) is 0 Å². The summed E-state index contributed by atoms with van der Waals surface area (Å²) in [6.45, 7) is 6.50. The number of rotatable bonds is 6. The largest absolute Gasteiger partial charge is 0.460 e. The molecule has 5 nitrogen and oxygen atoms in total. The van der Waals surface area contributed by atoms with E-state index in [2.05, 4.69) is 45.0 Å². The van der Waals surface area contributed by atoms with Crippen LogP contribution < -0.4 is 10.4 Å². The van der Waals surface area contributed by atoms with E-state index in [1.165, 1.54) is 0 Å². The quantitative estimate of drug-likeness (QED) is 0.415. The molecule has 4 rings (SSSR count). The van der Waals surface area contributed by atoms with E-state index < -0.39 is 32.5 Å². The van der Waals surface area contributed by atoms with Crippen LogP contribution in [0.1, 0.15) is 31.1 Å². The van der Waals surface area contributed by atoms with Crippen molar-refractivity contribution in [2.45, 2.75) is 38.0 Å². The van der Waals surface area contributed by atoms with E-state index in [1.807, 2.05) is 42.5 Å². The van der Waals surface area contributed by atoms with Gasteiger partial charge in [-0.3, -0.25) is 0 Å². The van der Waals surface area contributed by atoms with E-state index in [9.17, 15) is 9.59 Å². The van der Waals surface area contributed by atoms with Crippen molar-refractivity contribution in [2.75, 3.05) is 6.61 Å². The van der Waals surface area contributed by atoms with Gasteiger partial charge in [-0.2, -0.15) is 0 Å². The molecular weight excluding hydrogens is 432 g/mol. The minimum atomic E-state index is -2.94. The molecule has 6 heteroatoms. The van der Waals surface area contributed by atoms with Gasteiger partial charge in [0.05, 0.1) is 5.56 Å². The second-order valence-electron chi connectivity index (χ2n) is 9.14. The van der Waals surface area contributed by atoms with Gasteiger partial charge >= 0.3 is 11.9 Å². The summed E-state index contributed by atoms with van der Waals surface area (Å²) in [6, 6.07) is 28.9. The predicted octanol–water partition coefficient (Wildman–Crippen LogP) is 3.71. The Morgan fingerprint density at radius 1 is 0.848 bits per heavy atom. The van der Waals surface area contributed by atoms with Crippen LogP contribution in [-0.4, -0.2) is 39.1 Å². The Kier molecular flexibility index (Phi) is 6.49. The normalized spacial score (nSPS) is 18.6. The van der Waals surface area contributed by atoms with E-state index in [0.29, 0.717) is 5.56 Å². The van der Waals surface area contributed by atoms with Crippen LogP contribution in [0.15, 0.2) is 91.0 Å². The van der Waals surface area contributed by atoms with Crippen molar-refractivity contribution < 1.29 is 23.5 Å². The van der Waals surface area contributed by atoms with Crippen LogP contribution in [0.5, 0.6) is 0 Å². The lowest BCUT2D eigenvalue weighted by Gasteiger charge is -2.44. The molecule has 2 atom stereocenters. The summed E-state index contributed by atoms with van der Waals surface area (Å²) in [4.78, 5) is 25.3. The van der Waals surface area contributed by atoms with Gasteiger partial charge in [0.1, 0.15) is 12.7 Å². The molecule has 0 aromatic heterocycles. The van der Waals surface area contributed by atoms with Crippen molar-refractivity contribution in [1.29, 1.82) is 0 Å². The summed E-state index contributed by atoms with van der Waals surface area (Å²) in [7, 11) is -2.94. The van der Waals surface area contributed by atoms with Gasteiger partial charge in [-0.15, -0.1) is 0 Å². The first-order chi connectivity index (χ1) is 15.8. The third-order valence-electron chi connectivity index (χ3n) is 5.95. The lowest BCUT2D eigenvalue weighted by Crippen LogP contribution is -2.68. The number of carbonyl (C=O) groups is 2. The van der Waals surface area contributed by atoms with Gasteiger partial charge < -0.3 is 13.9 Å². The SMILES string of the molecule is CC(C)(C)[Si](OC1COC(=O)[C@H]1OC(=O)c1ccccc1)(c1ccccc1)c1ccccc1. The minimum absolute atomic E-state index is 0.0378. The predicted molar refractivity (Wildman–Crippen MR) is 129 cm³/mol. The molecule has 3 aromatic carbocycles. The van der Waals surface area contributed by atoms with E-state index in [0.717, 1.165) is 10.4 Å². The number of benzene rings is 3. The summed E-state index contributed by atoms with van der Waals surface area (Å²) >= 11 is 0. The first-order valence-corrected chi connectivity index (χ1v) is 13.0. The maximum atomic E-state index is 12.7.